The fourth-order valence-electron chi connectivity index (χ4n) is 2.28. The highest BCUT2D eigenvalue weighted by Gasteiger charge is 2.14. The highest BCUT2D eigenvalue weighted by Crippen LogP contribution is 2.20. The van der Waals surface area contributed by atoms with Crippen molar-refractivity contribution in [3.63, 3.8) is 0 Å². The molecule has 0 saturated carbocycles. The minimum absolute atomic E-state index is 0.0889. The van der Waals surface area contributed by atoms with Crippen molar-refractivity contribution in [2.75, 3.05) is 6.54 Å². The Balaban J connectivity index is 1.43. The van der Waals surface area contributed by atoms with E-state index in [0.717, 1.165) is 12.1 Å². The molecule has 1 aromatic heterocycles. The third-order valence-electron chi connectivity index (χ3n) is 3.71. The molecule has 10 heteroatoms. The second-order valence-corrected chi connectivity index (χ2v) is 6.24. The molecule has 2 aromatic carbocycles. The summed E-state index contributed by atoms with van der Waals surface area (Å²) in [5, 5.41) is 10.6. The lowest BCUT2D eigenvalue weighted by Crippen LogP contribution is -2.27. The SMILES string of the molecule is O=C(CCNC(=O)c1ccc(F)cc1F)OCc1nnc(-c2ccc(Cl)cc2)o1. The van der Waals surface area contributed by atoms with Crippen LogP contribution in [0.1, 0.15) is 22.7 Å². The predicted molar refractivity (Wildman–Crippen MR) is 97.8 cm³/mol. The van der Waals surface area contributed by atoms with Crippen LogP contribution in [-0.4, -0.2) is 28.6 Å². The normalized spacial score (nSPS) is 10.6. The number of carbonyl (C=O) groups excluding carboxylic acids is 2. The third-order valence-corrected chi connectivity index (χ3v) is 3.96. The van der Waals surface area contributed by atoms with Crippen LogP contribution in [0.2, 0.25) is 5.02 Å². The summed E-state index contributed by atoms with van der Waals surface area (Å²) in [5.41, 5.74) is 0.343. The average molecular weight is 422 g/mol. The fraction of sp³-hybridized carbons (Fsp3) is 0.158. The average Bonchev–Trinajstić information content (AvgIpc) is 3.16. The molecule has 0 aliphatic heterocycles. The molecule has 0 radical (unpaired) electrons. The first-order valence-corrected chi connectivity index (χ1v) is 8.77. The van der Waals surface area contributed by atoms with E-state index < -0.39 is 23.5 Å². The van der Waals surface area contributed by atoms with E-state index in [2.05, 4.69) is 15.5 Å². The van der Waals surface area contributed by atoms with Gasteiger partial charge >= 0.3 is 5.97 Å². The monoisotopic (exact) mass is 421 g/mol. The molecule has 3 rings (SSSR count). The van der Waals surface area contributed by atoms with Crippen LogP contribution in [0, 0.1) is 11.6 Å². The Morgan fingerprint density at radius 1 is 1.10 bits per heavy atom. The van der Waals surface area contributed by atoms with E-state index in [-0.39, 0.29) is 36.9 Å². The molecule has 7 nitrogen and oxygen atoms in total. The van der Waals surface area contributed by atoms with E-state index in [4.69, 9.17) is 20.8 Å². The molecule has 1 heterocycles. The highest BCUT2D eigenvalue weighted by molar-refractivity contribution is 6.30. The van der Waals surface area contributed by atoms with Gasteiger partial charge in [0.15, 0.2) is 6.61 Å². The van der Waals surface area contributed by atoms with Crippen molar-refractivity contribution in [2.24, 2.45) is 0 Å². The number of halogens is 3. The summed E-state index contributed by atoms with van der Waals surface area (Å²) in [6.45, 7) is -0.325. The highest BCUT2D eigenvalue weighted by atomic mass is 35.5. The fourth-order valence-corrected chi connectivity index (χ4v) is 2.41. The summed E-state index contributed by atoms with van der Waals surface area (Å²) < 4.78 is 36.8. The lowest BCUT2D eigenvalue weighted by molar-refractivity contribution is -0.145. The minimum Gasteiger partial charge on any atom is -0.456 e. The first kappa shape index (κ1) is 20.4. The van der Waals surface area contributed by atoms with Crippen molar-refractivity contribution in [3.8, 4) is 11.5 Å². The number of amides is 1. The van der Waals surface area contributed by atoms with Crippen molar-refractivity contribution >= 4 is 23.5 Å². The Bertz CT molecular complexity index is 1020. The number of ether oxygens (including phenoxy) is 1. The van der Waals surface area contributed by atoms with E-state index in [1.807, 2.05) is 0 Å². The van der Waals surface area contributed by atoms with Gasteiger partial charge in [-0.2, -0.15) is 0 Å². The Morgan fingerprint density at radius 2 is 1.86 bits per heavy atom. The van der Waals surface area contributed by atoms with Crippen LogP contribution in [0.4, 0.5) is 8.78 Å². The number of nitrogens with one attached hydrogen (secondary N) is 1. The number of carbonyl (C=O) groups is 2. The first-order chi connectivity index (χ1) is 13.9. The van der Waals surface area contributed by atoms with Crippen LogP contribution in [0.25, 0.3) is 11.5 Å². The van der Waals surface area contributed by atoms with Gasteiger partial charge in [-0.15, -0.1) is 10.2 Å². The zero-order chi connectivity index (χ0) is 20.8. The van der Waals surface area contributed by atoms with E-state index >= 15 is 0 Å². The number of rotatable bonds is 7. The van der Waals surface area contributed by atoms with Crippen molar-refractivity contribution in [1.82, 2.24) is 15.5 Å². The molecule has 0 bridgehead atoms. The smallest absolute Gasteiger partial charge is 0.308 e. The number of hydrogen-bond acceptors (Lipinski definition) is 6. The second kappa shape index (κ2) is 9.24. The molecule has 0 fully saturated rings. The Hall–Kier alpha value is -3.33. The zero-order valence-electron chi connectivity index (χ0n) is 14.8. The van der Waals surface area contributed by atoms with Gasteiger partial charge in [0, 0.05) is 23.2 Å². The van der Waals surface area contributed by atoms with Crippen LogP contribution in [0.5, 0.6) is 0 Å². The molecular formula is C19H14ClF2N3O4. The maximum atomic E-state index is 13.5. The van der Waals surface area contributed by atoms with Crippen LogP contribution >= 0.6 is 11.6 Å². The molecule has 0 atom stereocenters. The Labute approximate surface area is 168 Å². The molecule has 0 saturated heterocycles. The quantitative estimate of drug-likeness (QED) is 0.586. The number of aromatic nitrogens is 2. The first-order valence-electron chi connectivity index (χ1n) is 8.39. The lowest BCUT2D eigenvalue weighted by Gasteiger charge is -2.06. The van der Waals surface area contributed by atoms with Gasteiger partial charge in [-0.05, 0) is 36.4 Å². The van der Waals surface area contributed by atoms with Crippen LogP contribution in [0.3, 0.4) is 0 Å². The largest absolute Gasteiger partial charge is 0.456 e. The zero-order valence-corrected chi connectivity index (χ0v) is 15.6. The van der Waals surface area contributed by atoms with E-state index in [0.29, 0.717) is 16.7 Å². The van der Waals surface area contributed by atoms with E-state index in [9.17, 15) is 18.4 Å². The molecular weight excluding hydrogens is 408 g/mol. The maximum Gasteiger partial charge on any atom is 0.308 e. The van der Waals surface area contributed by atoms with Gasteiger partial charge in [-0.1, -0.05) is 11.6 Å². The van der Waals surface area contributed by atoms with Gasteiger partial charge < -0.3 is 14.5 Å². The number of hydrogen-bond donors (Lipinski definition) is 1. The summed E-state index contributed by atoms with van der Waals surface area (Å²) in [6, 6.07) is 9.35. The van der Waals surface area contributed by atoms with E-state index in [1.165, 1.54) is 0 Å². The maximum absolute atomic E-state index is 13.5. The predicted octanol–water partition coefficient (Wildman–Crippen LogP) is 3.53. The number of benzene rings is 2. The summed E-state index contributed by atoms with van der Waals surface area (Å²) >= 11 is 5.81. The summed E-state index contributed by atoms with van der Waals surface area (Å²) in [5.74, 6) is -2.82. The molecule has 150 valence electrons. The van der Waals surface area contributed by atoms with Crippen LogP contribution < -0.4 is 5.32 Å². The standard InChI is InChI=1S/C19H14ClF2N3O4/c20-12-3-1-11(2-4-12)19-25-24-16(29-19)10-28-17(26)7-8-23-18(27)14-6-5-13(21)9-15(14)22/h1-6,9H,7-8,10H2,(H,23,27). The minimum atomic E-state index is -0.988. The number of esters is 1. The molecule has 29 heavy (non-hydrogen) atoms. The summed E-state index contributed by atoms with van der Waals surface area (Å²) in [7, 11) is 0. The number of nitrogens with zero attached hydrogens (tertiary/aromatic N) is 2. The molecule has 0 unspecified atom stereocenters. The van der Waals surface area contributed by atoms with Gasteiger partial charge in [0.05, 0.1) is 12.0 Å². The molecule has 3 aromatic rings. The van der Waals surface area contributed by atoms with Crippen molar-refractivity contribution in [3.05, 3.63) is 70.6 Å². The van der Waals surface area contributed by atoms with Crippen LogP contribution in [-0.2, 0) is 16.1 Å². The van der Waals surface area contributed by atoms with E-state index in [1.54, 1.807) is 24.3 Å². The lowest BCUT2D eigenvalue weighted by atomic mass is 10.2. The Kier molecular flexibility index (Phi) is 6.50. The molecule has 0 aliphatic rings. The topological polar surface area (TPSA) is 94.3 Å². The van der Waals surface area contributed by atoms with Crippen molar-refractivity contribution in [1.29, 1.82) is 0 Å². The molecule has 0 spiro atoms. The summed E-state index contributed by atoms with van der Waals surface area (Å²) in [4.78, 5) is 23.6. The molecule has 1 N–H and O–H groups in total. The van der Waals surface area contributed by atoms with Crippen molar-refractivity contribution < 1.29 is 27.5 Å². The van der Waals surface area contributed by atoms with Gasteiger partial charge in [0.25, 0.3) is 11.8 Å². The van der Waals surface area contributed by atoms with Crippen LogP contribution in [0.15, 0.2) is 46.9 Å². The van der Waals surface area contributed by atoms with Gasteiger partial charge in [0.1, 0.15) is 11.6 Å². The van der Waals surface area contributed by atoms with Gasteiger partial charge in [0.2, 0.25) is 5.89 Å². The third kappa shape index (κ3) is 5.58. The van der Waals surface area contributed by atoms with Gasteiger partial charge in [-0.3, -0.25) is 9.59 Å². The molecule has 1 amide bonds. The van der Waals surface area contributed by atoms with Crippen molar-refractivity contribution in [2.45, 2.75) is 13.0 Å². The summed E-state index contributed by atoms with van der Waals surface area (Å²) in [6.07, 6.45) is -0.160. The second-order valence-electron chi connectivity index (χ2n) is 5.80. The molecule has 0 aliphatic carbocycles. The Morgan fingerprint density at radius 3 is 2.59 bits per heavy atom. The van der Waals surface area contributed by atoms with Gasteiger partial charge in [-0.25, -0.2) is 8.78 Å².